The van der Waals surface area contributed by atoms with E-state index in [0.717, 1.165) is 52.0 Å². The molecule has 160 valence electrons. The van der Waals surface area contributed by atoms with Gasteiger partial charge in [0.25, 0.3) is 0 Å². The Hall–Kier alpha value is -2.44. The van der Waals surface area contributed by atoms with Gasteiger partial charge < -0.3 is 15.2 Å². The molecule has 1 aliphatic carbocycles. The fourth-order valence-electron chi connectivity index (χ4n) is 5.35. The van der Waals surface area contributed by atoms with Crippen molar-refractivity contribution in [2.24, 2.45) is 33.8 Å². The Morgan fingerprint density at radius 1 is 1.23 bits per heavy atom. The van der Waals surface area contributed by atoms with Crippen LogP contribution in [0.4, 0.5) is 4.39 Å². The number of carbonyl (C=O) groups is 1. The summed E-state index contributed by atoms with van der Waals surface area (Å²) in [5.74, 6) is 1.29. The van der Waals surface area contributed by atoms with E-state index in [1.54, 1.807) is 6.08 Å². The molecule has 30 heavy (non-hydrogen) atoms. The second-order valence-electron chi connectivity index (χ2n) is 9.12. The van der Waals surface area contributed by atoms with Crippen LogP contribution >= 0.6 is 0 Å². The van der Waals surface area contributed by atoms with E-state index in [1.807, 2.05) is 11.1 Å². The first kappa shape index (κ1) is 19.5. The lowest BCUT2D eigenvalue weighted by Gasteiger charge is -2.36. The molecule has 2 saturated heterocycles. The number of hydrazone groups is 1. The minimum absolute atomic E-state index is 0.150. The number of allylic oxidation sites excluding steroid dienone is 4. The van der Waals surface area contributed by atoms with Crippen LogP contribution in [0, 0.1) is 23.7 Å². The van der Waals surface area contributed by atoms with Gasteiger partial charge in [0.05, 0.1) is 11.8 Å². The highest BCUT2D eigenvalue weighted by Crippen LogP contribution is 2.36. The summed E-state index contributed by atoms with van der Waals surface area (Å²) >= 11 is 0. The average molecular weight is 412 g/mol. The zero-order valence-corrected chi connectivity index (χ0v) is 17.3. The Labute approximate surface area is 177 Å². The SMILES string of the molecule is O=C(C1C=CC(F)=CC1)N1CCC(CN2CCC3CC(C4C=NNC4)=NC=C32)CC1. The van der Waals surface area contributed by atoms with Crippen LogP contribution in [0.3, 0.4) is 0 Å². The number of hydrogen-bond acceptors (Lipinski definition) is 5. The van der Waals surface area contributed by atoms with Gasteiger partial charge in [0.1, 0.15) is 5.83 Å². The third kappa shape index (κ3) is 3.94. The highest BCUT2D eigenvalue weighted by atomic mass is 19.1. The van der Waals surface area contributed by atoms with Crippen LogP contribution in [0.15, 0.2) is 46.0 Å². The molecule has 1 amide bonds. The molecule has 7 heteroatoms. The molecule has 1 N–H and O–H groups in total. The van der Waals surface area contributed by atoms with Gasteiger partial charge in [-0.05, 0) is 50.2 Å². The molecule has 0 aromatic carbocycles. The molecule has 6 nitrogen and oxygen atoms in total. The second kappa shape index (κ2) is 8.36. The number of likely N-dealkylation sites (tertiary alicyclic amines) is 2. The molecule has 0 aromatic heterocycles. The van der Waals surface area contributed by atoms with Crippen molar-refractivity contribution >= 4 is 17.8 Å². The Morgan fingerprint density at radius 2 is 2.10 bits per heavy atom. The molecule has 5 rings (SSSR count). The maximum absolute atomic E-state index is 13.1. The van der Waals surface area contributed by atoms with Crippen molar-refractivity contribution in [3.05, 3.63) is 36.0 Å². The van der Waals surface area contributed by atoms with Crippen LogP contribution in [-0.2, 0) is 4.79 Å². The van der Waals surface area contributed by atoms with Crippen LogP contribution in [-0.4, -0.2) is 60.4 Å². The van der Waals surface area contributed by atoms with Gasteiger partial charge in [0.15, 0.2) is 0 Å². The topological polar surface area (TPSA) is 60.3 Å². The van der Waals surface area contributed by atoms with E-state index in [2.05, 4.69) is 21.6 Å². The number of nitrogens with one attached hydrogen (secondary N) is 1. The van der Waals surface area contributed by atoms with Crippen LogP contribution in [0.5, 0.6) is 0 Å². The van der Waals surface area contributed by atoms with E-state index in [1.165, 1.54) is 30.0 Å². The zero-order chi connectivity index (χ0) is 20.5. The van der Waals surface area contributed by atoms with Crippen molar-refractivity contribution in [3.8, 4) is 0 Å². The highest BCUT2D eigenvalue weighted by molar-refractivity contribution is 6.00. The zero-order valence-electron chi connectivity index (χ0n) is 17.3. The minimum Gasteiger partial charge on any atom is -0.373 e. The van der Waals surface area contributed by atoms with Gasteiger partial charge in [-0.25, -0.2) is 4.39 Å². The van der Waals surface area contributed by atoms with Crippen molar-refractivity contribution in [2.75, 3.05) is 32.7 Å². The molecule has 2 fully saturated rings. The lowest BCUT2D eigenvalue weighted by molar-refractivity contribution is -0.135. The van der Waals surface area contributed by atoms with Crippen LogP contribution < -0.4 is 5.43 Å². The first-order valence-corrected chi connectivity index (χ1v) is 11.3. The lowest BCUT2D eigenvalue weighted by atomic mass is 9.90. The van der Waals surface area contributed by atoms with Gasteiger partial charge in [0.2, 0.25) is 5.91 Å². The molecule has 0 saturated carbocycles. The van der Waals surface area contributed by atoms with Gasteiger partial charge in [-0.2, -0.15) is 5.10 Å². The van der Waals surface area contributed by atoms with Crippen molar-refractivity contribution in [2.45, 2.75) is 32.1 Å². The van der Waals surface area contributed by atoms with Gasteiger partial charge in [-0.3, -0.25) is 9.79 Å². The maximum atomic E-state index is 13.1. The molecule has 0 bridgehead atoms. The smallest absolute Gasteiger partial charge is 0.229 e. The number of rotatable bonds is 4. The number of halogens is 1. The van der Waals surface area contributed by atoms with Gasteiger partial charge in [0, 0.05) is 62.5 Å². The fraction of sp³-hybridized carbons (Fsp3) is 0.609. The number of amides is 1. The molecule has 4 heterocycles. The number of nitrogens with zero attached hydrogens (tertiary/aromatic N) is 4. The standard InChI is InChI=1S/C23H30FN5O/c24-20-3-1-17(2-4-20)23(30)28-8-5-16(6-9-28)15-29-10-7-18-11-21(25-14-22(18)29)19-12-26-27-13-19/h1,3-4,12,14,16-19,27H,2,5-11,13,15H2. The maximum Gasteiger partial charge on any atom is 0.229 e. The van der Waals surface area contributed by atoms with E-state index in [4.69, 9.17) is 4.99 Å². The van der Waals surface area contributed by atoms with E-state index in [-0.39, 0.29) is 17.7 Å². The Bertz CT molecular complexity index is 837. The summed E-state index contributed by atoms with van der Waals surface area (Å²) in [6.45, 7) is 4.68. The molecular formula is C23H30FN5O. The highest BCUT2D eigenvalue weighted by Gasteiger charge is 2.35. The molecule has 0 spiro atoms. The summed E-state index contributed by atoms with van der Waals surface area (Å²) in [7, 11) is 0. The molecule has 4 aliphatic heterocycles. The number of fused-ring (bicyclic) bond motifs is 1. The average Bonchev–Trinajstić information content (AvgIpc) is 3.45. The molecular weight excluding hydrogens is 381 g/mol. The van der Waals surface area contributed by atoms with Crippen molar-refractivity contribution in [1.82, 2.24) is 15.2 Å². The summed E-state index contributed by atoms with van der Waals surface area (Å²) in [6, 6.07) is 0. The second-order valence-corrected chi connectivity index (χ2v) is 9.12. The summed E-state index contributed by atoms with van der Waals surface area (Å²) in [4.78, 5) is 22.0. The van der Waals surface area contributed by atoms with Gasteiger partial charge >= 0.3 is 0 Å². The first-order chi connectivity index (χ1) is 14.7. The fourth-order valence-corrected chi connectivity index (χ4v) is 5.35. The monoisotopic (exact) mass is 411 g/mol. The normalized spacial score (nSPS) is 31.2. The number of aliphatic imine (C=N–C) groups is 1. The number of piperidine rings is 1. The number of hydrogen-bond donors (Lipinski definition) is 1. The molecule has 3 atom stereocenters. The van der Waals surface area contributed by atoms with E-state index < -0.39 is 0 Å². The van der Waals surface area contributed by atoms with E-state index in [0.29, 0.717) is 24.2 Å². The third-order valence-electron chi connectivity index (χ3n) is 7.21. The Kier molecular flexibility index (Phi) is 5.44. The Morgan fingerprint density at radius 3 is 2.83 bits per heavy atom. The molecule has 5 aliphatic rings. The summed E-state index contributed by atoms with van der Waals surface area (Å²) in [5.41, 5.74) is 5.70. The minimum atomic E-state index is -0.233. The summed E-state index contributed by atoms with van der Waals surface area (Å²) < 4.78 is 13.1. The predicted molar refractivity (Wildman–Crippen MR) is 116 cm³/mol. The summed E-state index contributed by atoms with van der Waals surface area (Å²) in [5, 5.41) is 4.13. The quantitative estimate of drug-likeness (QED) is 0.774. The third-order valence-corrected chi connectivity index (χ3v) is 7.21. The predicted octanol–water partition coefficient (Wildman–Crippen LogP) is 2.87. The molecule has 0 radical (unpaired) electrons. The van der Waals surface area contributed by atoms with Gasteiger partial charge in [-0.15, -0.1) is 0 Å². The summed E-state index contributed by atoms with van der Waals surface area (Å²) in [6.07, 6.45) is 13.6. The largest absolute Gasteiger partial charge is 0.373 e. The molecule has 0 aromatic rings. The van der Waals surface area contributed by atoms with Crippen molar-refractivity contribution < 1.29 is 9.18 Å². The molecule has 3 unspecified atom stereocenters. The van der Waals surface area contributed by atoms with Crippen molar-refractivity contribution in [3.63, 3.8) is 0 Å². The Balaban J connectivity index is 1.13. The van der Waals surface area contributed by atoms with Crippen LogP contribution in [0.2, 0.25) is 0 Å². The lowest BCUT2D eigenvalue weighted by Crippen LogP contribution is -2.43. The number of carbonyl (C=O) groups excluding carboxylic acids is 1. The van der Waals surface area contributed by atoms with Crippen LogP contribution in [0.1, 0.15) is 32.1 Å². The van der Waals surface area contributed by atoms with E-state index in [9.17, 15) is 9.18 Å². The van der Waals surface area contributed by atoms with Crippen LogP contribution in [0.25, 0.3) is 0 Å². The first-order valence-electron chi connectivity index (χ1n) is 11.3. The van der Waals surface area contributed by atoms with Gasteiger partial charge in [-0.1, -0.05) is 6.08 Å². The van der Waals surface area contributed by atoms with Crippen molar-refractivity contribution in [1.29, 1.82) is 0 Å². The van der Waals surface area contributed by atoms with E-state index >= 15 is 0 Å².